The Morgan fingerprint density at radius 3 is 2.72 bits per heavy atom. The molecule has 2 atom stereocenters. The number of nitroso groups, excluding NO2 is 1. The largest absolute Gasteiger partial charge is 0.442 e. The Morgan fingerprint density at radius 1 is 1.25 bits per heavy atom. The number of hydrogen-bond acceptors (Lipinski definition) is 6. The van der Waals surface area contributed by atoms with Crippen LogP contribution in [0.15, 0.2) is 6.07 Å². The van der Waals surface area contributed by atoms with Crippen LogP contribution in [-0.2, 0) is 27.4 Å². The van der Waals surface area contributed by atoms with E-state index in [1.54, 1.807) is 5.01 Å². The summed E-state index contributed by atoms with van der Waals surface area (Å²) in [4.78, 5) is 63.3. The minimum Gasteiger partial charge on any atom is -0.442 e. The second-order valence-electron chi connectivity index (χ2n) is 9.53. The summed E-state index contributed by atoms with van der Waals surface area (Å²) < 4.78 is 20.5. The van der Waals surface area contributed by atoms with E-state index in [1.807, 2.05) is 0 Å². The smallest absolute Gasteiger partial charge is 0.407 e. The molecular formula is C23H26ClFN5O6+. The molecule has 2 unspecified atom stereocenters. The van der Waals surface area contributed by atoms with E-state index in [0.717, 1.165) is 24.1 Å². The molecule has 0 spiro atoms. The van der Waals surface area contributed by atoms with Crippen molar-refractivity contribution >= 4 is 35.4 Å². The second kappa shape index (κ2) is 9.64. The van der Waals surface area contributed by atoms with Crippen LogP contribution in [0.1, 0.15) is 60.0 Å². The molecule has 1 aromatic rings. The molecule has 36 heavy (non-hydrogen) atoms. The number of ether oxygens (including phenoxy) is 1. The van der Waals surface area contributed by atoms with Crippen LogP contribution in [0.3, 0.4) is 0 Å². The third kappa shape index (κ3) is 4.38. The van der Waals surface area contributed by atoms with Gasteiger partial charge in [0.25, 0.3) is 11.9 Å². The summed E-state index contributed by atoms with van der Waals surface area (Å²) in [5.41, 5.74) is -0.0129. The van der Waals surface area contributed by atoms with Gasteiger partial charge in [-0.05, 0) is 31.7 Å². The van der Waals surface area contributed by atoms with Gasteiger partial charge in [0.05, 0.1) is 23.1 Å². The van der Waals surface area contributed by atoms with Crippen LogP contribution in [0, 0.1) is 10.7 Å². The summed E-state index contributed by atoms with van der Waals surface area (Å²) in [6.45, 7) is 0.193. The van der Waals surface area contributed by atoms with E-state index in [2.05, 4.69) is 10.6 Å². The average molecular weight is 523 g/mol. The Hall–Kier alpha value is -3.28. The lowest BCUT2D eigenvalue weighted by molar-refractivity contribution is -0.721. The van der Waals surface area contributed by atoms with Crippen LogP contribution in [0.25, 0.3) is 0 Å². The molecule has 11 nitrogen and oxygen atoms in total. The maximum absolute atomic E-state index is 15.3. The second-order valence-corrected chi connectivity index (χ2v) is 9.94. The van der Waals surface area contributed by atoms with Gasteiger partial charge in [0.2, 0.25) is 11.8 Å². The highest BCUT2D eigenvalue weighted by molar-refractivity contribution is 6.32. The molecule has 1 aliphatic carbocycles. The summed E-state index contributed by atoms with van der Waals surface area (Å²) in [5.74, 6) is -2.57. The van der Waals surface area contributed by atoms with Crippen LogP contribution in [0.2, 0.25) is 5.02 Å². The van der Waals surface area contributed by atoms with Crippen LogP contribution in [0.5, 0.6) is 0 Å². The number of fused-ring (bicyclic) bond motifs is 1. The summed E-state index contributed by atoms with van der Waals surface area (Å²) >= 11 is 6.32. The Morgan fingerprint density at radius 2 is 2.03 bits per heavy atom. The van der Waals surface area contributed by atoms with Crippen molar-refractivity contribution in [1.82, 2.24) is 20.5 Å². The lowest BCUT2D eigenvalue weighted by Crippen LogP contribution is -2.52. The number of piperidine rings is 1. The first-order valence-electron chi connectivity index (χ1n) is 12.0. The van der Waals surface area contributed by atoms with E-state index in [4.69, 9.17) is 16.3 Å². The first-order valence-corrected chi connectivity index (χ1v) is 12.4. The predicted molar refractivity (Wildman–Crippen MR) is 122 cm³/mol. The molecule has 0 bridgehead atoms. The van der Waals surface area contributed by atoms with Crippen LogP contribution < -0.4 is 10.6 Å². The predicted octanol–water partition coefficient (Wildman–Crippen LogP) is 1.79. The monoisotopic (exact) mass is 522 g/mol. The molecule has 3 fully saturated rings. The van der Waals surface area contributed by atoms with Crippen LogP contribution >= 0.6 is 11.6 Å². The van der Waals surface area contributed by atoms with Gasteiger partial charge in [0.1, 0.15) is 16.7 Å². The highest BCUT2D eigenvalue weighted by Crippen LogP contribution is 2.35. The molecule has 3 heterocycles. The molecule has 0 radical (unpaired) electrons. The molecule has 2 N–H and O–H groups in total. The Kier molecular flexibility index (Phi) is 6.54. The van der Waals surface area contributed by atoms with Crippen LogP contribution in [0.4, 0.5) is 9.18 Å². The molecule has 13 heteroatoms. The third-order valence-corrected chi connectivity index (χ3v) is 7.70. The van der Waals surface area contributed by atoms with Gasteiger partial charge in [-0.25, -0.2) is 9.18 Å². The number of nitrogens with zero attached hydrogens (tertiary/aromatic N) is 3. The number of carbonyl (C=O) groups excluding carboxylic acids is 4. The molecule has 1 saturated carbocycles. The first-order chi connectivity index (χ1) is 17.2. The van der Waals surface area contributed by atoms with Crippen molar-refractivity contribution in [2.45, 2.75) is 69.7 Å². The molecule has 3 aliphatic heterocycles. The molecule has 0 aromatic heterocycles. The molecule has 4 aliphatic rings. The van der Waals surface area contributed by atoms with Crippen molar-refractivity contribution in [2.24, 2.45) is 0 Å². The number of nitrogens with one attached hydrogen (secondary N) is 2. The lowest BCUT2D eigenvalue weighted by atomic mass is 9.93. The number of rotatable bonds is 6. The number of alkyl carbamates (subject to hydrolysis) is 1. The van der Waals surface area contributed by atoms with Gasteiger partial charge >= 0.3 is 6.09 Å². The van der Waals surface area contributed by atoms with E-state index in [-0.39, 0.29) is 60.3 Å². The summed E-state index contributed by atoms with van der Waals surface area (Å²) in [5, 5.41) is 6.54. The van der Waals surface area contributed by atoms with Gasteiger partial charge in [0.15, 0.2) is 6.61 Å². The Bertz CT molecular complexity index is 1160. The highest BCUT2D eigenvalue weighted by atomic mass is 35.5. The molecule has 5 rings (SSSR count). The fraction of sp³-hybridized carbons (Fsp3) is 0.565. The van der Waals surface area contributed by atoms with Gasteiger partial charge in [0, 0.05) is 42.1 Å². The summed E-state index contributed by atoms with van der Waals surface area (Å²) in [6, 6.07) is 0.233. The van der Waals surface area contributed by atoms with E-state index in [1.165, 1.54) is 11.0 Å². The van der Waals surface area contributed by atoms with Crippen molar-refractivity contribution in [2.75, 3.05) is 13.2 Å². The normalized spacial score (nSPS) is 24.1. The zero-order valence-corrected chi connectivity index (χ0v) is 20.2. The van der Waals surface area contributed by atoms with Crippen molar-refractivity contribution < 1.29 is 33.2 Å². The van der Waals surface area contributed by atoms with Crippen LogP contribution in [-0.4, -0.2) is 69.9 Å². The Balaban J connectivity index is 1.19. The van der Waals surface area contributed by atoms with E-state index in [0.29, 0.717) is 13.0 Å². The van der Waals surface area contributed by atoms with Gasteiger partial charge in [-0.15, -0.1) is 5.01 Å². The first kappa shape index (κ1) is 24.4. The molecule has 4 amide bonds. The summed E-state index contributed by atoms with van der Waals surface area (Å²) in [7, 11) is 0. The van der Waals surface area contributed by atoms with Gasteiger partial charge in [-0.1, -0.05) is 11.6 Å². The van der Waals surface area contributed by atoms with Crippen molar-refractivity contribution in [3.8, 4) is 0 Å². The average Bonchev–Trinajstić information content (AvgIpc) is 3.33. The third-order valence-electron chi connectivity index (χ3n) is 7.37. The highest BCUT2D eigenvalue weighted by Gasteiger charge is 2.46. The fourth-order valence-electron chi connectivity index (χ4n) is 5.10. The van der Waals surface area contributed by atoms with Crippen molar-refractivity contribution in [3.63, 3.8) is 0 Å². The molecule has 2 saturated heterocycles. The number of benzene rings is 1. The number of amides is 4. The zero-order chi connectivity index (χ0) is 25.6. The number of halogens is 2. The Labute approximate surface area is 210 Å². The minimum atomic E-state index is -0.897. The number of carbonyl (C=O) groups is 4. The maximum atomic E-state index is 15.3. The van der Waals surface area contributed by atoms with Crippen molar-refractivity contribution in [1.29, 1.82) is 0 Å². The summed E-state index contributed by atoms with van der Waals surface area (Å²) in [6.07, 6.45) is 3.09. The van der Waals surface area contributed by atoms with Gasteiger partial charge in [-0.3, -0.25) is 19.7 Å². The van der Waals surface area contributed by atoms with E-state index >= 15 is 4.39 Å². The van der Waals surface area contributed by atoms with Gasteiger partial charge in [-0.2, -0.15) is 0 Å². The number of hydrazine groups is 1. The van der Waals surface area contributed by atoms with Crippen molar-refractivity contribution in [3.05, 3.63) is 38.5 Å². The molecule has 192 valence electrons. The van der Waals surface area contributed by atoms with Gasteiger partial charge < -0.3 is 15.0 Å². The molecule has 1 aromatic carbocycles. The molecular weight excluding hydrogens is 497 g/mol. The topological polar surface area (TPSA) is 128 Å². The fourth-order valence-corrected chi connectivity index (χ4v) is 5.39. The number of hydrogen-bond donors (Lipinski definition) is 2. The van der Waals surface area contributed by atoms with E-state index in [9.17, 15) is 24.1 Å². The quantitative estimate of drug-likeness (QED) is 0.430. The van der Waals surface area contributed by atoms with E-state index < -0.39 is 41.7 Å². The lowest BCUT2D eigenvalue weighted by Gasteiger charge is -2.29. The number of imide groups is 1. The SMILES string of the molecule is O=C1CCC(N2Cc3c(Cl)cc(CNC(=O)OCC4CCN(C5CCC5)[N+]4=O)c(F)c3C2=O)C(=O)N1. The zero-order valence-electron chi connectivity index (χ0n) is 19.4. The maximum Gasteiger partial charge on any atom is 0.407 e. The standard InChI is InChI=1S/C23H25ClFN5O6/c24-16-8-12(9-26-23(34)36-11-14-6-7-29(30(14)35)13-2-1-3-13)20(25)19-15(16)10-28(22(19)33)17-4-5-18(31)27-21(17)32/h8,13-14,17H,1-7,9-11H2,(H-,26,27,31,32,34)/p+1. The minimum absolute atomic E-state index is 0.0170.